The largest absolute Gasteiger partial charge is 0.493 e. The third kappa shape index (κ3) is 6.73. The second-order valence-corrected chi connectivity index (χ2v) is 7.88. The lowest BCUT2D eigenvalue weighted by molar-refractivity contribution is -0.141. The molecule has 1 aromatic heterocycles. The van der Waals surface area contributed by atoms with Crippen LogP contribution in [0.1, 0.15) is 42.6 Å². The Bertz CT molecular complexity index is 1190. The maximum atomic E-state index is 12.0. The lowest BCUT2D eigenvalue weighted by Crippen LogP contribution is -2.04. The number of benzene rings is 2. The van der Waals surface area contributed by atoms with Crippen LogP contribution in [-0.2, 0) is 14.3 Å². The molecule has 6 nitrogen and oxygen atoms in total. The van der Waals surface area contributed by atoms with Crippen LogP contribution in [0.2, 0.25) is 0 Å². The SMILES string of the molecule is C=CC(=C)c1cn(-c2ccc(C(=O)OCC)cc2)cc1-c1ccccc1OCCCCOC(C)=O. The molecule has 1 heterocycles. The van der Waals surface area contributed by atoms with Crippen LogP contribution in [0.5, 0.6) is 5.75 Å². The Kier molecular flexibility index (Phi) is 9.07. The van der Waals surface area contributed by atoms with Gasteiger partial charge >= 0.3 is 11.9 Å². The minimum atomic E-state index is -0.341. The van der Waals surface area contributed by atoms with Gasteiger partial charge in [-0.2, -0.15) is 0 Å². The molecule has 0 N–H and O–H groups in total. The molecule has 0 aliphatic carbocycles. The fourth-order valence-electron chi connectivity index (χ4n) is 3.59. The van der Waals surface area contributed by atoms with Crippen molar-refractivity contribution >= 4 is 17.5 Å². The van der Waals surface area contributed by atoms with Gasteiger partial charge in [0.15, 0.2) is 0 Å². The maximum absolute atomic E-state index is 12.0. The molecule has 0 bridgehead atoms. The van der Waals surface area contributed by atoms with E-state index in [1.807, 2.05) is 53.4 Å². The van der Waals surface area contributed by atoms with Gasteiger partial charge in [0.1, 0.15) is 5.75 Å². The Labute approximate surface area is 206 Å². The van der Waals surface area contributed by atoms with E-state index < -0.39 is 0 Å². The van der Waals surface area contributed by atoms with Crippen LogP contribution >= 0.6 is 0 Å². The van der Waals surface area contributed by atoms with Crippen LogP contribution in [-0.4, -0.2) is 36.3 Å². The van der Waals surface area contributed by atoms with Gasteiger partial charge in [0.2, 0.25) is 0 Å². The molecule has 0 aliphatic rings. The van der Waals surface area contributed by atoms with E-state index >= 15 is 0 Å². The summed E-state index contributed by atoms with van der Waals surface area (Å²) < 4.78 is 18.1. The molecule has 0 saturated carbocycles. The van der Waals surface area contributed by atoms with Gasteiger partial charge in [-0.15, -0.1) is 0 Å². The minimum Gasteiger partial charge on any atom is -0.493 e. The Hall–Kier alpha value is -4.06. The van der Waals surface area contributed by atoms with Crippen LogP contribution in [0.4, 0.5) is 0 Å². The zero-order valence-corrected chi connectivity index (χ0v) is 20.3. The smallest absolute Gasteiger partial charge is 0.338 e. The van der Waals surface area contributed by atoms with Crippen LogP contribution in [0, 0.1) is 0 Å². The average molecular weight is 474 g/mol. The number of hydrogen-bond donors (Lipinski definition) is 0. The Morgan fingerprint density at radius 3 is 2.34 bits per heavy atom. The van der Waals surface area contributed by atoms with Crippen molar-refractivity contribution in [1.82, 2.24) is 4.57 Å². The van der Waals surface area contributed by atoms with Gasteiger partial charge in [0.05, 0.1) is 25.4 Å². The van der Waals surface area contributed by atoms with Gasteiger partial charge in [-0.25, -0.2) is 4.79 Å². The summed E-state index contributed by atoms with van der Waals surface area (Å²) in [6.07, 6.45) is 7.24. The Morgan fingerprint density at radius 1 is 0.943 bits per heavy atom. The van der Waals surface area contributed by atoms with Crippen molar-refractivity contribution in [2.45, 2.75) is 26.7 Å². The van der Waals surface area contributed by atoms with Gasteiger partial charge in [-0.1, -0.05) is 37.4 Å². The summed E-state index contributed by atoms with van der Waals surface area (Å²) in [4.78, 5) is 22.9. The number of rotatable bonds is 12. The van der Waals surface area contributed by atoms with Gasteiger partial charge in [-0.3, -0.25) is 4.79 Å². The molecule has 0 amide bonds. The van der Waals surface area contributed by atoms with Crippen molar-refractivity contribution in [3.8, 4) is 22.6 Å². The molecule has 0 fully saturated rings. The predicted octanol–water partition coefficient (Wildman–Crippen LogP) is 6.24. The molecule has 0 unspecified atom stereocenters. The quantitative estimate of drug-likeness (QED) is 0.177. The zero-order valence-electron chi connectivity index (χ0n) is 20.3. The minimum absolute atomic E-state index is 0.272. The van der Waals surface area contributed by atoms with Crippen molar-refractivity contribution in [2.75, 3.05) is 19.8 Å². The molecule has 0 atom stereocenters. The summed E-state index contributed by atoms with van der Waals surface area (Å²) in [6, 6.07) is 15.1. The topological polar surface area (TPSA) is 66.8 Å². The lowest BCUT2D eigenvalue weighted by atomic mass is 9.99. The first-order chi connectivity index (χ1) is 16.9. The van der Waals surface area contributed by atoms with Crippen molar-refractivity contribution in [3.63, 3.8) is 0 Å². The van der Waals surface area contributed by atoms with E-state index in [0.29, 0.717) is 25.4 Å². The number of carbonyl (C=O) groups is 2. The lowest BCUT2D eigenvalue weighted by Gasteiger charge is -2.12. The summed E-state index contributed by atoms with van der Waals surface area (Å²) in [5.41, 5.74) is 5.02. The molecular weight excluding hydrogens is 442 g/mol. The molecule has 0 spiro atoms. The number of nitrogens with zero attached hydrogens (tertiary/aromatic N) is 1. The van der Waals surface area contributed by atoms with Crippen LogP contribution in [0.3, 0.4) is 0 Å². The average Bonchev–Trinajstić information content (AvgIpc) is 3.31. The first kappa shape index (κ1) is 25.6. The monoisotopic (exact) mass is 473 g/mol. The standard InChI is InChI=1S/C29H31NO5/c1-5-21(3)26-19-30(24-15-13-23(14-16-24)29(32)33-6-2)20-27(26)25-11-7-8-12-28(25)35-18-10-9-17-34-22(4)31/h5,7-8,11-16,19-20H,1,3,6,9-10,17-18H2,2,4H3. The second-order valence-electron chi connectivity index (χ2n) is 7.88. The molecule has 6 heteroatoms. The van der Waals surface area contributed by atoms with Gasteiger partial charge in [-0.05, 0) is 55.7 Å². The summed E-state index contributed by atoms with van der Waals surface area (Å²) in [6.45, 7) is 12.5. The number of para-hydroxylation sites is 1. The number of allylic oxidation sites excluding steroid dienone is 2. The fraction of sp³-hybridized carbons (Fsp3) is 0.241. The van der Waals surface area contributed by atoms with Crippen LogP contribution < -0.4 is 4.74 Å². The van der Waals surface area contributed by atoms with E-state index in [1.165, 1.54) is 6.92 Å². The van der Waals surface area contributed by atoms with E-state index in [-0.39, 0.29) is 11.9 Å². The number of hydrogen-bond acceptors (Lipinski definition) is 5. The predicted molar refractivity (Wildman–Crippen MR) is 138 cm³/mol. The van der Waals surface area contributed by atoms with Gasteiger partial charge in [0.25, 0.3) is 0 Å². The highest BCUT2D eigenvalue weighted by Crippen LogP contribution is 2.37. The summed E-state index contributed by atoms with van der Waals surface area (Å²) in [5, 5.41) is 0. The third-order valence-electron chi connectivity index (χ3n) is 5.37. The highest BCUT2D eigenvalue weighted by Gasteiger charge is 2.16. The molecule has 2 aromatic carbocycles. The Balaban J connectivity index is 1.86. The Morgan fingerprint density at radius 2 is 1.66 bits per heavy atom. The van der Waals surface area contributed by atoms with E-state index in [0.717, 1.165) is 46.5 Å². The number of carbonyl (C=O) groups excluding carboxylic acids is 2. The van der Waals surface area contributed by atoms with Crippen LogP contribution in [0.25, 0.3) is 22.4 Å². The molecule has 0 aliphatic heterocycles. The van der Waals surface area contributed by atoms with E-state index in [2.05, 4.69) is 13.2 Å². The fourth-order valence-corrected chi connectivity index (χ4v) is 3.59. The van der Waals surface area contributed by atoms with Crippen molar-refractivity contribution in [3.05, 3.63) is 91.3 Å². The highest BCUT2D eigenvalue weighted by molar-refractivity contribution is 5.90. The van der Waals surface area contributed by atoms with Gasteiger partial charge < -0.3 is 18.8 Å². The number of unbranched alkanes of at least 4 members (excludes halogenated alkanes) is 1. The molecule has 3 rings (SSSR count). The summed E-state index contributed by atoms with van der Waals surface area (Å²) >= 11 is 0. The van der Waals surface area contributed by atoms with Crippen molar-refractivity contribution in [2.24, 2.45) is 0 Å². The molecular formula is C29H31NO5. The normalized spacial score (nSPS) is 10.5. The van der Waals surface area contributed by atoms with E-state index in [1.54, 1.807) is 25.1 Å². The number of ether oxygens (including phenoxy) is 3. The van der Waals surface area contributed by atoms with Crippen LogP contribution in [0.15, 0.2) is 80.2 Å². The van der Waals surface area contributed by atoms with Crippen molar-refractivity contribution < 1.29 is 23.8 Å². The molecule has 182 valence electrons. The second kappa shape index (κ2) is 12.4. The van der Waals surface area contributed by atoms with Gasteiger partial charge in [0, 0.05) is 41.7 Å². The maximum Gasteiger partial charge on any atom is 0.338 e. The number of esters is 2. The van der Waals surface area contributed by atoms with E-state index in [4.69, 9.17) is 14.2 Å². The molecule has 0 radical (unpaired) electrons. The first-order valence-corrected chi connectivity index (χ1v) is 11.6. The van der Waals surface area contributed by atoms with Crippen molar-refractivity contribution in [1.29, 1.82) is 0 Å². The summed E-state index contributed by atoms with van der Waals surface area (Å²) in [5.74, 6) is 0.145. The number of aromatic nitrogens is 1. The molecule has 3 aromatic rings. The zero-order chi connectivity index (χ0) is 25.2. The highest BCUT2D eigenvalue weighted by atomic mass is 16.5. The summed E-state index contributed by atoms with van der Waals surface area (Å²) in [7, 11) is 0. The molecule has 35 heavy (non-hydrogen) atoms. The molecule has 0 saturated heterocycles. The van der Waals surface area contributed by atoms with E-state index in [9.17, 15) is 9.59 Å². The first-order valence-electron chi connectivity index (χ1n) is 11.6. The third-order valence-corrected chi connectivity index (χ3v) is 5.37.